The zero-order valence-corrected chi connectivity index (χ0v) is 7.82. The van der Waals surface area contributed by atoms with Gasteiger partial charge >= 0.3 is 0 Å². The van der Waals surface area contributed by atoms with Crippen molar-refractivity contribution in [2.45, 2.75) is 25.8 Å². The van der Waals surface area contributed by atoms with Gasteiger partial charge in [0.15, 0.2) is 0 Å². The molecule has 1 N–H and O–H groups in total. The first-order chi connectivity index (χ1) is 3.29. The fourth-order valence-electron chi connectivity index (χ4n) is 0.767. The third-order valence-corrected chi connectivity index (χ3v) is 1.21. The number of nitrogens with one attached hydrogen (secondary N) is 1. The molecule has 0 saturated carbocycles. The minimum Gasteiger partial charge on any atom is -0.354 e. The first-order valence-corrected chi connectivity index (χ1v) is 2.58. The van der Waals surface area contributed by atoms with E-state index in [2.05, 4.69) is 5.32 Å². The van der Waals surface area contributed by atoms with Crippen LogP contribution in [0.2, 0.25) is 0 Å². The summed E-state index contributed by atoms with van der Waals surface area (Å²) < 4.78 is 0. The second kappa shape index (κ2) is 3.57. The molecular formula is C5H9NOY. The molecule has 1 fully saturated rings. The summed E-state index contributed by atoms with van der Waals surface area (Å²) in [4.78, 5) is 10.3. The number of rotatable bonds is 0. The summed E-state index contributed by atoms with van der Waals surface area (Å²) >= 11 is 0. The van der Waals surface area contributed by atoms with Crippen molar-refractivity contribution in [3.8, 4) is 0 Å². The van der Waals surface area contributed by atoms with E-state index in [0.29, 0.717) is 6.04 Å². The third kappa shape index (κ3) is 2.23. The zero-order valence-electron chi connectivity index (χ0n) is 4.98. The van der Waals surface area contributed by atoms with E-state index < -0.39 is 0 Å². The van der Waals surface area contributed by atoms with Crippen LogP contribution in [0.25, 0.3) is 0 Å². The van der Waals surface area contributed by atoms with E-state index >= 15 is 0 Å². The Balaban J connectivity index is 0.000000490. The molecule has 1 radical (unpaired) electrons. The van der Waals surface area contributed by atoms with E-state index in [9.17, 15) is 4.79 Å². The molecule has 0 bridgehead atoms. The number of carbonyl (C=O) groups excluding carboxylic acids is 1. The molecule has 43 valence electrons. The topological polar surface area (TPSA) is 29.1 Å². The summed E-state index contributed by atoms with van der Waals surface area (Å²) in [5.41, 5.74) is 0. The minimum atomic E-state index is 0. The Morgan fingerprint density at radius 2 is 2.38 bits per heavy atom. The van der Waals surface area contributed by atoms with Crippen molar-refractivity contribution >= 4 is 5.91 Å². The Morgan fingerprint density at radius 1 is 1.75 bits per heavy atom. The predicted molar refractivity (Wildman–Crippen MR) is 26.8 cm³/mol. The zero-order chi connectivity index (χ0) is 5.28. The molecule has 1 saturated heterocycles. The molecular weight excluding hydrogens is 179 g/mol. The van der Waals surface area contributed by atoms with Gasteiger partial charge in [0.05, 0.1) is 0 Å². The molecule has 1 aliphatic rings. The van der Waals surface area contributed by atoms with E-state index in [1.807, 2.05) is 6.92 Å². The van der Waals surface area contributed by atoms with Crippen LogP contribution in [0.1, 0.15) is 19.8 Å². The van der Waals surface area contributed by atoms with Crippen LogP contribution in [0, 0.1) is 0 Å². The molecule has 0 spiro atoms. The van der Waals surface area contributed by atoms with Gasteiger partial charge in [0.1, 0.15) is 0 Å². The van der Waals surface area contributed by atoms with Crippen LogP contribution in [0.15, 0.2) is 0 Å². The number of amides is 1. The maximum Gasteiger partial charge on any atom is 0.220 e. The molecule has 0 aliphatic carbocycles. The quantitative estimate of drug-likeness (QED) is 0.581. The number of hydrogen-bond donors (Lipinski definition) is 1. The van der Waals surface area contributed by atoms with Gasteiger partial charge in [-0.1, -0.05) is 0 Å². The SMILES string of the molecule is CC1CCC(=O)N1.[Y]. The first kappa shape index (κ1) is 8.57. The number of hydrogen-bond acceptors (Lipinski definition) is 1. The van der Waals surface area contributed by atoms with Crippen molar-refractivity contribution in [1.29, 1.82) is 0 Å². The van der Waals surface area contributed by atoms with Crippen LogP contribution in [0.5, 0.6) is 0 Å². The Labute approximate surface area is 74.3 Å². The Morgan fingerprint density at radius 3 is 2.50 bits per heavy atom. The van der Waals surface area contributed by atoms with Crippen molar-refractivity contribution in [1.82, 2.24) is 5.32 Å². The van der Waals surface area contributed by atoms with Crippen molar-refractivity contribution in [2.24, 2.45) is 0 Å². The molecule has 0 aromatic rings. The standard InChI is InChI=1S/C5H9NO.Y/c1-4-2-3-5(7)6-4;/h4H,2-3H2,1H3,(H,6,7);. The molecule has 0 aromatic carbocycles. The van der Waals surface area contributed by atoms with E-state index in [0.717, 1.165) is 12.8 Å². The van der Waals surface area contributed by atoms with Gasteiger partial charge in [-0.05, 0) is 13.3 Å². The van der Waals surface area contributed by atoms with E-state index in [4.69, 9.17) is 0 Å². The smallest absolute Gasteiger partial charge is 0.220 e. The monoisotopic (exact) mass is 188 g/mol. The van der Waals surface area contributed by atoms with Crippen LogP contribution >= 0.6 is 0 Å². The molecule has 3 heteroatoms. The predicted octanol–water partition coefficient (Wildman–Crippen LogP) is 0.282. The second-order valence-electron chi connectivity index (χ2n) is 2.01. The van der Waals surface area contributed by atoms with Gasteiger partial charge in [-0.2, -0.15) is 0 Å². The maximum atomic E-state index is 10.3. The fourth-order valence-corrected chi connectivity index (χ4v) is 0.767. The molecule has 1 atom stereocenters. The molecule has 1 amide bonds. The average molecular weight is 188 g/mol. The molecule has 1 rings (SSSR count). The van der Waals surface area contributed by atoms with Crippen molar-refractivity contribution < 1.29 is 37.5 Å². The third-order valence-electron chi connectivity index (χ3n) is 1.21. The fraction of sp³-hybridized carbons (Fsp3) is 0.800. The van der Waals surface area contributed by atoms with Crippen LogP contribution < -0.4 is 5.32 Å². The van der Waals surface area contributed by atoms with Crippen LogP contribution in [-0.4, -0.2) is 11.9 Å². The Bertz CT molecular complexity index is 94.4. The van der Waals surface area contributed by atoms with Gasteiger partial charge in [0.2, 0.25) is 5.91 Å². The number of carbonyl (C=O) groups is 1. The van der Waals surface area contributed by atoms with Gasteiger partial charge in [0.25, 0.3) is 0 Å². The Kier molecular flexibility index (Phi) is 3.83. The molecule has 1 aliphatic heterocycles. The van der Waals surface area contributed by atoms with E-state index in [1.54, 1.807) is 0 Å². The van der Waals surface area contributed by atoms with Crippen molar-refractivity contribution in [3.63, 3.8) is 0 Å². The first-order valence-electron chi connectivity index (χ1n) is 2.58. The van der Waals surface area contributed by atoms with Gasteiger partial charge in [-0.3, -0.25) is 4.79 Å². The summed E-state index contributed by atoms with van der Waals surface area (Å²) in [7, 11) is 0. The maximum absolute atomic E-state index is 10.3. The van der Waals surface area contributed by atoms with Gasteiger partial charge in [-0.15, -0.1) is 0 Å². The van der Waals surface area contributed by atoms with Crippen LogP contribution in [-0.2, 0) is 37.5 Å². The average Bonchev–Trinajstić information content (AvgIpc) is 1.87. The molecule has 1 unspecified atom stereocenters. The van der Waals surface area contributed by atoms with Crippen LogP contribution in [0.4, 0.5) is 0 Å². The van der Waals surface area contributed by atoms with Crippen LogP contribution in [0.3, 0.4) is 0 Å². The molecule has 1 heterocycles. The largest absolute Gasteiger partial charge is 0.354 e. The van der Waals surface area contributed by atoms with E-state index in [1.165, 1.54) is 0 Å². The van der Waals surface area contributed by atoms with Gasteiger partial charge in [-0.25, -0.2) is 0 Å². The molecule has 0 aromatic heterocycles. The molecule has 2 nitrogen and oxygen atoms in total. The van der Waals surface area contributed by atoms with Gasteiger partial charge in [0, 0.05) is 45.2 Å². The van der Waals surface area contributed by atoms with Crippen molar-refractivity contribution in [3.05, 3.63) is 0 Å². The summed E-state index contributed by atoms with van der Waals surface area (Å²) in [6.45, 7) is 2.02. The second-order valence-corrected chi connectivity index (χ2v) is 2.01. The summed E-state index contributed by atoms with van der Waals surface area (Å²) in [6, 6.07) is 0.424. The summed E-state index contributed by atoms with van der Waals surface area (Å²) in [6.07, 6.45) is 1.74. The van der Waals surface area contributed by atoms with E-state index in [-0.39, 0.29) is 38.6 Å². The normalized spacial score (nSPS) is 26.6. The minimum absolute atomic E-state index is 0. The summed E-state index contributed by atoms with van der Waals surface area (Å²) in [5, 5.41) is 2.78. The van der Waals surface area contributed by atoms with Crippen molar-refractivity contribution in [2.75, 3.05) is 0 Å². The van der Waals surface area contributed by atoms with Gasteiger partial charge < -0.3 is 5.32 Å². The Hall–Kier alpha value is 0.574. The summed E-state index contributed by atoms with van der Waals surface area (Å²) in [5.74, 6) is 0.201. The molecule has 8 heavy (non-hydrogen) atoms.